The number of aliphatic hydroxyl groups excluding tert-OH is 1. The first-order valence-corrected chi connectivity index (χ1v) is 42.8. The van der Waals surface area contributed by atoms with E-state index in [1.54, 1.807) is 66.4 Å². The van der Waals surface area contributed by atoms with E-state index >= 15 is 0 Å². The number of benzene rings is 4. The van der Waals surface area contributed by atoms with Crippen molar-refractivity contribution in [2.45, 2.75) is 156 Å². The summed E-state index contributed by atoms with van der Waals surface area (Å²) in [5.41, 5.74) is 13.1. The van der Waals surface area contributed by atoms with Gasteiger partial charge in [-0.25, -0.2) is 18.8 Å². The predicted molar refractivity (Wildman–Crippen MR) is 476 cm³/mol. The number of nitrogens with zero attached hydrogens (tertiary/aromatic N) is 7. The number of carbonyl (C=O) groups is 1. The number of aliphatic imine (C=N–C) groups is 6. The second-order valence-electron chi connectivity index (χ2n) is 28.3. The minimum Gasteiger partial charge on any atom is -0.492 e. The normalized spacial score (nSPS) is 17.6. The van der Waals surface area contributed by atoms with Gasteiger partial charge in [0.25, 0.3) is 12.0 Å². The first-order valence-electron chi connectivity index (χ1n) is 39.6. The summed E-state index contributed by atoms with van der Waals surface area (Å²) in [7, 11) is 0. The summed E-state index contributed by atoms with van der Waals surface area (Å²) in [4.78, 5) is 43.7. The molecule has 0 spiro atoms. The highest BCUT2D eigenvalue weighted by molar-refractivity contribution is 7.80. The Morgan fingerprint density at radius 3 is 1.97 bits per heavy atom. The lowest BCUT2D eigenvalue weighted by Gasteiger charge is -2.22. The van der Waals surface area contributed by atoms with Crippen LogP contribution in [-0.4, -0.2) is 124 Å². The van der Waals surface area contributed by atoms with Gasteiger partial charge in [0.05, 0.1) is 75.3 Å². The molecule has 4 atom stereocenters. The molecule has 0 saturated heterocycles. The number of nitrogens with one attached hydrogen (secondary N) is 7. The molecule has 11 heterocycles. The van der Waals surface area contributed by atoms with E-state index in [0.29, 0.717) is 102 Å². The number of halogens is 5. The van der Waals surface area contributed by atoms with Gasteiger partial charge in [0.15, 0.2) is 11.1 Å². The number of aromatic nitrogens is 1. The van der Waals surface area contributed by atoms with Crippen LogP contribution < -0.4 is 46.7 Å². The van der Waals surface area contributed by atoms with Gasteiger partial charge in [0.1, 0.15) is 36.3 Å². The number of fused-ring (bicyclic) bond motifs is 2. The van der Waals surface area contributed by atoms with Gasteiger partial charge in [0, 0.05) is 136 Å². The molecule has 1 aliphatic carbocycles. The lowest BCUT2D eigenvalue weighted by molar-refractivity contribution is -0.114. The van der Waals surface area contributed by atoms with E-state index in [0.717, 1.165) is 118 Å². The number of aryl methyl sites for hydroxylation is 2. The molecule has 1 amide bonds. The van der Waals surface area contributed by atoms with Crippen LogP contribution in [0, 0.1) is 38.3 Å². The Balaban J connectivity index is 0.000000144. The van der Waals surface area contributed by atoms with Gasteiger partial charge in [0.2, 0.25) is 5.91 Å². The molecular formula is C88H105Cl3F2N14O6S3. The number of ether oxygens (including phenoxy) is 4. The Kier molecular flexibility index (Phi) is 36.7. The molecule has 8 N–H and O–H groups in total. The highest BCUT2D eigenvalue weighted by atomic mass is 35.5. The number of hydrogen-bond acceptors (Lipinski definition) is 20. The topological polar surface area (TPSA) is 245 Å². The number of allylic oxidation sites excluding steroid dienone is 8. The molecule has 4 aromatic carbocycles. The van der Waals surface area contributed by atoms with E-state index in [2.05, 4.69) is 153 Å². The second-order valence-corrected chi connectivity index (χ2v) is 31.9. The summed E-state index contributed by atoms with van der Waals surface area (Å²) in [6.07, 6.45) is 33.3. The summed E-state index contributed by atoms with van der Waals surface area (Å²) >= 11 is 26.0. The maximum atomic E-state index is 13.6. The van der Waals surface area contributed by atoms with Crippen molar-refractivity contribution in [1.82, 2.24) is 36.9 Å². The zero-order valence-electron chi connectivity index (χ0n) is 66.4. The maximum Gasteiger partial charge on any atom is 0.285 e. The Labute approximate surface area is 708 Å². The lowest BCUT2D eigenvalue weighted by Crippen LogP contribution is -2.36. The molecule has 0 bridgehead atoms. The highest BCUT2D eigenvalue weighted by Crippen LogP contribution is 2.46. The number of rotatable bonds is 20. The average Bonchev–Trinajstić information content (AvgIpc) is 1.71. The number of carbonyl (C=O) groups excluding carboxylic acids is 1. The summed E-state index contributed by atoms with van der Waals surface area (Å²) in [6.45, 7) is 17.5. The molecule has 16 rings (SSSR count). The number of thiocarbonyl (C=S) groups is 1. The number of aliphatic hydroxyl groups is 1. The lowest BCUT2D eigenvalue weighted by atomic mass is 9.87. The molecule has 3 aromatic heterocycles. The Morgan fingerprint density at radius 1 is 0.681 bits per heavy atom. The minimum absolute atomic E-state index is 0.0145. The minimum atomic E-state index is -0.398. The monoisotopic (exact) mass is 1690 g/mol. The molecule has 7 aromatic rings. The molecule has 0 saturated carbocycles. The van der Waals surface area contributed by atoms with Crippen LogP contribution in [0.2, 0.25) is 15.1 Å². The zero-order valence-corrected chi connectivity index (χ0v) is 71.2. The number of amidine groups is 2. The molecule has 28 heteroatoms. The number of amides is 1. The van der Waals surface area contributed by atoms with E-state index in [1.165, 1.54) is 94.2 Å². The van der Waals surface area contributed by atoms with Crippen molar-refractivity contribution in [3.8, 4) is 11.5 Å². The van der Waals surface area contributed by atoms with Gasteiger partial charge >= 0.3 is 0 Å². The first kappa shape index (κ1) is 89.0. The Hall–Kier alpha value is -9.34. The van der Waals surface area contributed by atoms with Crippen molar-refractivity contribution in [3.63, 3.8) is 0 Å². The SMILES string of the molecule is C1=NC(CC2CCOc3ccsc32)=CC1.CC(=O)Nc1cc2c(s1)C(CC1=CCC=N1)CCO2.CCC1=CC(CC2=CCC=N2)CCC1.Cc1cccc(C(Cc2cccnc2)NC2=NCCO2)c1C.Cc1cccc(CNC(=S)NCCO)c1F.Clc1cccc(CNC2=NCCN2)c1Cl.Fc1c(Cl)cccc1CNC1=NCCO1. The van der Waals surface area contributed by atoms with Crippen molar-refractivity contribution in [2.24, 2.45) is 35.9 Å². The van der Waals surface area contributed by atoms with Crippen LogP contribution in [0.4, 0.5) is 13.8 Å². The Bertz CT molecular complexity index is 4640. The second kappa shape index (κ2) is 47.8. The summed E-state index contributed by atoms with van der Waals surface area (Å²) < 4.78 is 48.9. The van der Waals surface area contributed by atoms with E-state index in [1.807, 2.05) is 60.4 Å². The number of anilines is 1. The van der Waals surface area contributed by atoms with Gasteiger partial charge < -0.3 is 61.3 Å². The predicted octanol–water partition coefficient (Wildman–Crippen LogP) is 18.6. The van der Waals surface area contributed by atoms with Crippen molar-refractivity contribution in [1.29, 1.82) is 0 Å². The molecule has 616 valence electrons. The number of thiophene rings is 2. The Morgan fingerprint density at radius 2 is 1.33 bits per heavy atom. The largest absolute Gasteiger partial charge is 0.492 e. The summed E-state index contributed by atoms with van der Waals surface area (Å²) in [5, 5.41) is 34.4. The summed E-state index contributed by atoms with van der Waals surface area (Å²) in [6, 6.07) is 31.5. The van der Waals surface area contributed by atoms with Crippen LogP contribution in [0.5, 0.6) is 11.5 Å². The third-order valence-electron chi connectivity index (χ3n) is 19.8. The quantitative estimate of drug-likeness (QED) is 0.0261. The van der Waals surface area contributed by atoms with E-state index in [4.69, 9.17) is 71.1 Å². The van der Waals surface area contributed by atoms with Crippen molar-refractivity contribution < 1.29 is 37.6 Å². The van der Waals surface area contributed by atoms with Gasteiger partial charge in [-0.2, -0.15) is 0 Å². The van der Waals surface area contributed by atoms with Gasteiger partial charge in [-0.1, -0.05) is 138 Å². The average molecular weight is 1700 g/mol. The fraction of sp³-hybridized carbons (Fsp3) is 0.398. The highest BCUT2D eigenvalue weighted by Gasteiger charge is 2.28. The van der Waals surface area contributed by atoms with Gasteiger partial charge in [-0.3, -0.25) is 29.7 Å². The van der Waals surface area contributed by atoms with E-state index < -0.39 is 5.82 Å². The van der Waals surface area contributed by atoms with Crippen LogP contribution in [0.25, 0.3) is 0 Å². The summed E-state index contributed by atoms with van der Waals surface area (Å²) in [5.74, 6) is 4.04. The van der Waals surface area contributed by atoms with Gasteiger partial charge in [-0.15, -0.1) is 22.7 Å². The van der Waals surface area contributed by atoms with Crippen molar-refractivity contribution in [3.05, 3.63) is 243 Å². The third kappa shape index (κ3) is 28.8. The molecule has 116 heavy (non-hydrogen) atoms. The zero-order chi connectivity index (χ0) is 81.8. The fourth-order valence-electron chi connectivity index (χ4n) is 13.6. The molecular weight excluding hydrogens is 1590 g/mol. The molecule has 9 aliphatic rings. The van der Waals surface area contributed by atoms with Crippen LogP contribution >= 0.6 is 69.7 Å². The van der Waals surface area contributed by atoms with Gasteiger partial charge in [-0.05, 0) is 166 Å². The molecule has 8 aliphatic heterocycles. The molecule has 0 fully saturated rings. The first-order chi connectivity index (χ1) is 56.5. The van der Waals surface area contributed by atoms with E-state index in [-0.39, 0.29) is 29.4 Å². The number of guanidine groups is 1. The number of hydrogen-bond donors (Lipinski definition) is 8. The molecule has 4 unspecified atom stereocenters. The van der Waals surface area contributed by atoms with Crippen LogP contribution in [0.15, 0.2) is 192 Å². The molecule has 0 radical (unpaired) electrons. The van der Waals surface area contributed by atoms with Crippen LogP contribution in [0.3, 0.4) is 0 Å². The third-order valence-corrected chi connectivity index (χ3v) is 23.5. The van der Waals surface area contributed by atoms with Crippen LogP contribution in [0.1, 0.15) is 163 Å². The van der Waals surface area contributed by atoms with Crippen LogP contribution in [-0.2, 0) is 40.3 Å². The van der Waals surface area contributed by atoms with Crippen molar-refractivity contribution >= 4 is 122 Å². The maximum absolute atomic E-state index is 13.6. The standard InChI is InChI=1S/C18H21N3O.C14H16N2O2S.C13H19N.C12H13NOS.C11H15FN2OS.C10H11Cl2N3.C10H10ClFN2O/c1-13-5-3-7-16(14(13)2)17(21-18-20-9-10-22-18)11-15-6-4-8-19-12-15;1-9(17)16-13-8-12-14(19-13)10(4-6-18-12)7-11-3-2-5-15-11;1-2-11-5-3-6-12(9-11)10-13-7-4-8-14-13;1-2-10(13-5-1)8-9-3-6-14-11-4-7-15-12(9)11;1-8-3-2-4-9(10(8)12)7-14-11(16)13-5-6-15;11-8-3-1-2-7(9(8)12)6-15-10-13-4-5-14-10;11-8-3-1-2-7(9(8)12)6-14-10-13-4-5-15-10/h3-8,12,17H,9-11H2,1-2H3,(H,20,21);3,5,8,10H,2,4,6-7H2,1H3,(H,16,17);7-9,12H,2-6,10H2,1H3;2,4-5,7,9H,1,3,6,8H2;2-4,15H,5-7H2,1H3,(H2,13,14,16);1-3H,4-6H2,(H2,13,14,15);1-3H,4-6H2,(H,13,14). The van der Waals surface area contributed by atoms with E-state index in [9.17, 15) is 13.6 Å². The molecule has 20 nitrogen and oxygen atoms in total. The smallest absolute Gasteiger partial charge is 0.285 e. The fourth-order valence-corrected chi connectivity index (χ4v) is 16.5. The number of pyridine rings is 1. The van der Waals surface area contributed by atoms with Crippen molar-refractivity contribution in [2.75, 3.05) is 71.1 Å².